The summed E-state index contributed by atoms with van der Waals surface area (Å²) < 4.78 is 5.15. The van der Waals surface area contributed by atoms with E-state index >= 15 is 0 Å². The zero-order valence-corrected chi connectivity index (χ0v) is 17.5. The van der Waals surface area contributed by atoms with E-state index in [1.807, 2.05) is 31.2 Å². The Bertz CT molecular complexity index is 652. The average molecular weight is 391 g/mol. The molecule has 0 heterocycles. The molecule has 156 valence electrons. The van der Waals surface area contributed by atoms with Crippen LogP contribution in [0.15, 0.2) is 29.3 Å². The van der Waals surface area contributed by atoms with Crippen molar-refractivity contribution in [3.8, 4) is 5.75 Å². The van der Waals surface area contributed by atoms with E-state index in [1.165, 1.54) is 0 Å². The molecule has 1 fully saturated rings. The molecule has 28 heavy (non-hydrogen) atoms. The average Bonchev–Trinajstić information content (AvgIpc) is 3.19. The van der Waals surface area contributed by atoms with Crippen LogP contribution in [0.4, 0.5) is 0 Å². The number of methoxy groups -OCH3 is 1. The maximum Gasteiger partial charge on any atom is 0.230 e. The fourth-order valence-electron chi connectivity index (χ4n) is 3.68. The van der Waals surface area contributed by atoms with Crippen LogP contribution >= 0.6 is 0 Å². The highest BCUT2D eigenvalue weighted by atomic mass is 16.5. The number of benzene rings is 1. The lowest BCUT2D eigenvalue weighted by Gasteiger charge is -2.29. The third-order valence-corrected chi connectivity index (χ3v) is 5.27. The van der Waals surface area contributed by atoms with E-state index in [4.69, 9.17) is 4.74 Å². The fraction of sp³-hybridized carbons (Fsp3) is 0.619. The quantitative estimate of drug-likeness (QED) is 0.466. The number of carbonyl (C=O) groups is 1. The first-order chi connectivity index (χ1) is 13.4. The molecule has 7 nitrogen and oxygen atoms in total. The summed E-state index contributed by atoms with van der Waals surface area (Å²) in [6.07, 6.45) is 3.21. The van der Waals surface area contributed by atoms with Gasteiger partial charge in [-0.25, -0.2) is 0 Å². The van der Waals surface area contributed by atoms with E-state index in [2.05, 4.69) is 15.6 Å². The Morgan fingerprint density at radius 3 is 2.43 bits per heavy atom. The van der Waals surface area contributed by atoms with Crippen molar-refractivity contribution in [3.63, 3.8) is 0 Å². The Morgan fingerprint density at radius 2 is 1.89 bits per heavy atom. The topological polar surface area (TPSA) is 86.2 Å². The van der Waals surface area contributed by atoms with E-state index in [0.29, 0.717) is 25.6 Å². The Balaban J connectivity index is 2.01. The van der Waals surface area contributed by atoms with Crippen molar-refractivity contribution >= 4 is 11.9 Å². The van der Waals surface area contributed by atoms with Crippen molar-refractivity contribution in [2.45, 2.75) is 38.7 Å². The predicted molar refractivity (Wildman–Crippen MR) is 112 cm³/mol. The number of aliphatic hydroxyl groups excluding tert-OH is 1. The number of amides is 1. The standard InChI is InChI=1S/C21H34N4O3/c1-5-22-20(23-14-18(26)16-8-10-17(28-4)11-9-16)24-15-21(12-6-7-13-21)19(27)25(2)3/h8-11,18,26H,5-7,12-15H2,1-4H3,(H2,22,23,24). The normalized spacial score (nSPS) is 17.1. The summed E-state index contributed by atoms with van der Waals surface area (Å²) in [5.74, 6) is 1.53. The summed E-state index contributed by atoms with van der Waals surface area (Å²) in [5.41, 5.74) is 0.402. The molecule has 1 amide bonds. The lowest BCUT2D eigenvalue weighted by atomic mass is 9.85. The first kappa shape index (κ1) is 22.0. The molecular formula is C21H34N4O3. The van der Waals surface area contributed by atoms with E-state index < -0.39 is 11.5 Å². The molecule has 0 spiro atoms. The molecule has 0 saturated heterocycles. The van der Waals surface area contributed by atoms with Crippen LogP contribution in [-0.4, -0.2) is 62.7 Å². The van der Waals surface area contributed by atoms with E-state index in [1.54, 1.807) is 26.1 Å². The maximum atomic E-state index is 12.7. The van der Waals surface area contributed by atoms with Gasteiger partial charge in [-0.1, -0.05) is 25.0 Å². The van der Waals surface area contributed by atoms with Gasteiger partial charge in [0, 0.05) is 27.2 Å². The number of rotatable bonds is 8. The summed E-state index contributed by atoms with van der Waals surface area (Å²) in [6.45, 7) is 3.48. The highest BCUT2D eigenvalue weighted by Gasteiger charge is 2.42. The van der Waals surface area contributed by atoms with E-state index in [9.17, 15) is 9.90 Å². The Morgan fingerprint density at radius 1 is 1.25 bits per heavy atom. The lowest BCUT2D eigenvalue weighted by Crippen LogP contribution is -2.43. The van der Waals surface area contributed by atoms with Crippen LogP contribution < -0.4 is 15.4 Å². The number of nitrogens with zero attached hydrogens (tertiary/aromatic N) is 2. The van der Waals surface area contributed by atoms with E-state index in [-0.39, 0.29) is 5.91 Å². The molecule has 1 aliphatic carbocycles. The second kappa shape index (κ2) is 10.3. The van der Waals surface area contributed by atoms with Crippen LogP contribution in [0.3, 0.4) is 0 Å². The number of carbonyl (C=O) groups excluding carboxylic acids is 1. The van der Waals surface area contributed by atoms with Gasteiger partial charge in [0.05, 0.1) is 25.2 Å². The monoisotopic (exact) mass is 390 g/mol. The van der Waals surface area contributed by atoms with Crippen LogP contribution in [0, 0.1) is 5.41 Å². The smallest absolute Gasteiger partial charge is 0.230 e. The number of ether oxygens (including phenoxy) is 1. The van der Waals surface area contributed by atoms with Crippen LogP contribution in [-0.2, 0) is 4.79 Å². The van der Waals surface area contributed by atoms with Crippen molar-refractivity contribution in [3.05, 3.63) is 29.8 Å². The second-order valence-electron chi connectivity index (χ2n) is 7.55. The molecule has 1 aliphatic rings. The van der Waals surface area contributed by atoms with Crippen molar-refractivity contribution < 1.29 is 14.6 Å². The molecule has 1 aromatic carbocycles. The first-order valence-electron chi connectivity index (χ1n) is 9.98. The van der Waals surface area contributed by atoms with Crippen LogP contribution in [0.5, 0.6) is 5.75 Å². The van der Waals surface area contributed by atoms with Gasteiger partial charge in [0.2, 0.25) is 5.91 Å². The van der Waals surface area contributed by atoms with Crippen molar-refractivity contribution in [2.75, 3.05) is 40.8 Å². The van der Waals surface area contributed by atoms with Gasteiger partial charge in [-0.05, 0) is 37.5 Å². The molecule has 0 aromatic heterocycles. The van der Waals surface area contributed by atoms with E-state index in [0.717, 1.165) is 37.0 Å². The highest BCUT2D eigenvalue weighted by molar-refractivity contribution is 5.84. The third kappa shape index (κ3) is 5.61. The Labute approximate surface area is 168 Å². The summed E-state index contributed by atoms with van der Waals surface area (Å²) in [5, 5.41) is 16.8. The molecule has 0 radical (unpaired) electrons. The molecule has 0 bridgehead atoms. The Kier molecular flexibility index (Phi) is 8.11. The van der Waals surface area contributed by atoms with Gasteiger partial charge >= 0.3 is 0 Å². The summed E-state index contributed by atoms with van der Waals surface area (Å²) in [4.78, 5) is 19.1. The molecule has 1 aromatic rings. The predicted octanol–water partition coefficient (Wildman–Crippen LogP) is 1.93. The fourth-order valence-corrected chi connectivity index (χ4v) is 3.68. The molecular weight excluding hydrogens is 356 g/mol. The van der Waals surface area contributed by atoms with Gasteiger partial charge in [0.25, 0.3) is 0 Å². The summed E-state index contributed by atoms with van der Waals surface area (Å²) in [6, 6.07) is 7.35. The van der Waals surface area contributed by atoms with Gasteiger partial charge in [-0.3, -0.25) is 9.79 Å². The van der Waals surface area contributed by atoms with Gasteiger partial charge in [0.1, 0.15) is 5.75 Å². The van der Waals surface area contributed by atoms with Gasteiger partial charge < -0.3 is 25.4 Å². The zero-order valence-electron chi connectivity index (χ0n) is 17.5. The largest absolute Gasteiger partial charge is 0.497 e. The first-order valence-corrected chi connectivity index (χ1v) is 9.98. The minimum atomic E-state index is -0.668. The zero-order chi connectivity index (χ0) is 20.6. The van der Waals surface area contributed by atoms with Crippen LogP contribution in [0.2, 0.25) is 0 Å². The number of aliphatic hydroxyl groups is 1. The van der Waals surface area contributed by atoms with Crippen molar-refractivity contribution in [1.82, 2.24) is 15.5 Å². The minimum Gasteiger partial charge on any atom is -0.497 e. The lowest BCUT2D eigenvalue weighted by molar-refractivity contribution is -0.138. The molecule has 2 rings (SSSR count). The van der Waals surface area contributed by atoms with Gasteiger partial charge in [-0.2, -0.15) is 0 Å². The van der Waals surface area contributed by atoms with Crippen LogP contribution in [0.25, 0.3) is 0 Å². The highest BCUT2D eigenvalue weighted by Crippen LogP contribution is 2.39. The Hall–Kier alpha value is -2.28. The van der Waals surface area contributed by atoms with Gasteiger partial charge in [-0.15, -0.1) is 0 Å². The number of nitrogens with one attached hydrogen (secondary N) is 2. The number of hydrogen-bond acceptors (Lipinski definition) is 4. The summed E-state index contributed by atoms with van der Waals surface area (Å²) in [7, 11) is 5.23. The molecule has 1 saturated carbocycles. The second-order valence-corrected chi connectivity index (χ2v) is 7.55. The number of guanidine groups is 1. The molecule has 3 N–H and O–H groups in total. The minimum absolute atomic E-state index is 0.155. The number of aliphatic imine (C=N–C) groups is 1. The van der Waals surface area contributed by atoms with Gasteiger partial charge in [0.15, 0.2) is 5.96 Å². The summed E-state index contributed by atoms with van der Waals surface area (Å²) >= 11 is 0. The molecule has 1 unspecified atom stereocenters. The van der Waals surface area contributed by atoms with Crippen LogP contribution in [0.1, 0.15) is 44.3 Å². The third-order valence-electron chi connectivity index (χ3n) is 5.27. The SMILES string of the molecule is CCNC(=NCC1(C(=O)N(C)C)CCCC1)NCC(O)c1ccc(OC)cc1. The molecule has 1 atom stereocenters. The molecule has 0 aliphatic heterocycles. The van der Waals surface area contributed by atoms with Crippen molar-refractivity contribution in [1.29, 1.82) is 0 Å². The maximum absolute atomic E-state index is 12.7. The molecule has 7 heteroatoms. The number of hydrogen-bond donors (Lipinski definition) is 3. The van der Waals surface area contributed by atoms with Crippen molar-refractivity contribution in [2.24, 2.45) is 10.4 Å².